The van der Waals surface area contributed by atoms with Gasteiger partial charge in [0, 0.05) is 47.4 Å². The number of hydrogen-bond acceptors (Lipinski definition) is 5. The van der Waals surface area contributed by atoms with E-state index >= 15 is 0 Å². The molecule has 3 aliphatic rings. The van der Waals surface area contributed by atoms with Gasteiger partial charge in [0.1, 0.15) is 11.0 Å². The lowest BCUT2D eigenvalue weighted by Gasteiger charge is -2.36. The molecule has 0 saturated heterocycles. The van der Waals surface area contributed by atoms with Gasteiger partial charge >= 0.3 is 0 Å². The molecule has 50 heavy (non-hydrogen) atoms. The van der Waals surface area contributed by atoms with Crippen molar-refractivity contribution in [3.05, 3.63) is 143 Å². The molecule has 1 unspecified atom stereocenters. The predicted octanol–water partition coefficient (Wildman–Crippen LogP) is 13.4. The van der Waals surface area contributed by atoms with E-state index in [9.17, 15) is 0 Å². The summed E-state index contributed by atoms with van der Waals surface area (Å²) < 4.78 is 9.70. The number of hydrogen-bond donors (Lipinski definition) is 0. The van der Waals surface area contributed by atoms with Crippen molar-refractivity contribution in [2.45, 2.75) is 57.3 Å². The highest BCUT2D eigenvalue weighted by Crippen LogP contribution is 2.51. The minimum atomic E-state index is -0.0115. The van der Waals surface area contributed by atoms with Crippen LogP contribution < -0.4 is 0 Å². The largest absolute Gasteiger partial charge is 0.172 e. The summed E-state index contributed by atoms with van der Waals surface area (Å²) in [7, 11) is 0. The first-order valence-corrected chi connectivity index (χ1v) is 19.9. The fraction of sp³-hybridized carbons (Fsp3) is 0.200. The maximum Gasteiger partial charge on any atom is 0.114 e. The lowest BCUT2D eigenvalue weighted by Crippen LogP contribution is -2.26. The van der Waals surface area contributed by atoms with Gasteiger partial charge in [0.2, 0.25) is 0 Å². The van der Waals surface area contributed by atoms with E-state index in [-0.39, 0.29) is 10.8 Å². The van der Waals surface area contributed by atoms with E-state index in [2.05, 4.69) is 143 Å². The number of benzene rings is 4. The second-order valence-electron chi connectivity index (χ2n) is 15.0. The number of fused-ring (bicyclic) bond motifs is 7. The van der Waals surface area contributed by atoms with Crippen LogP contribution >= 0.6 is 34.4 Å². The van der Waals surface area contributed by atoms with Gasteiger partial charge in [-0.3, -0.25) is 0 Å². The van der Waals surface area contributed by atoms with E-state index in [0.29, 0.717) is 5.92 Å². The molecule has 0 aliphatic heterocycles. The fourth-order valence-electron chi connectivity index (χ4n) is 8.63. The van der Waals surface area contributed by atoms with Crippen molar-refractivity contribution in [2.75, 3.05) is 0 Å². The smallest absolute Gasteiger partial charge is 0.114 e. The normalized spacial score (nSPS) is 18.0. The van der Waals surface area contributed by atoms with Crippen molar-refractivity contribution in [3.63, 3.8) is 0 Å². The van der Waals surface area contributed by atoms with Gasteiger partial charge < -0.3 is 0 Å². The van der Waals surface area contributed by atoms with Crippen LogP contribution in [0.2, 0.25) is 0 Å². The van der Waals surface area contributed by atoms with E-state index < -0.39 is 0 Å². The summed E-state index contributed by atoms with van der Waals surface area (Å²) >= 11 is 5.00. The van der Waals surface area contributed by atoms with E-state index in [0.717, 1.165) is 28.6 Å². The Morgan fingerprint density at radius 2 is 1.18 bits per heavy atom. The summed E-state index contributed by atoms with van der Waals surface area (Å²) in [6.07, 6.45) is 9.56. The molecule has 244 valence electrons. The summed E-state index contributed by atoms with van der Waals surface area (Å²) in [5.74, 6) is 0.512. The zero-order valence-corrected chi connectivity index (χ0v) is 31.0. The summed E-state index contributed by atoms with van der Waals surface area (Å²) in [6.45, 7) is 9.45. The van der Waals surface area contributed by atoms with Gasteiger partial charge in [0.05, 0.1) is 11.7 Å². The van der Waals surface area contributed by atoms with Gasteiger partial charge in [0.15, 0.2) is 0 Å². The molecule has 0 N–H and O–H groups in total. The highest BCUT2D eigenvalue weighted by atomic mass is 32.1. The molecule has 3 aliphatic carbocycles. The molecule has 0 spiro atoms. The molecular weight excluding hydrogens is 665 g/mol. The molecule has 7 aromatic rings. The Balaban J connectivity index is 0.973. The summed E-state index contributed by atoms with van der Waals surface area (Å²) in [4.78, 5) is 5.02. The molecule has 10 rings (SSSR count). The van der Waals surface area contributed by atoms with Gasteiger partial charge in [-0.15, -0.1) is 22.7 Å². The molecule has 1 atom stereocenters. The van der Waals surface area contributed by atoms with Gasteiger partial charge in [-0.05, 0) is 99.3 Å². The number of nitrogens with zero attached hydrogens (tertiary/aromatic N) is 2. The van der Waals surface area contributed by atoms with Crippen molar-refractivity contribution in [1.29, 1.82) is 0 Å². The molecule has 2 bridgehead atoms. The number of aromatic nitrogens is 2. The van der Waals surface area contributed by atoms with Crippen LogP contribution in [0.15, 0.2) is 121 Å². The van der Waals surface area contributed by atoms with Crippen molar-refractivity contribution in [2.24, 2.45) is 0 Å². The zero-order chi connectivity index (χ0) is 33.8. The summed E-state index contributed by atoms with van der Waals surface area (Å²) in [5, 5.41) is 0. The first-order valence-electron chi connectivity index (χ1n) is 17.5. The summed E-state index contributed by atoms with van der Waals surface area (Å²) in [5.41, 5.74) is 16.8. The first kappa shape index (κ1) is 30.4. The Kier molecular flexibility index (Phi) is 6.71. The summed E-state index contributed by atoms with van der Waals surface area (Å²) in [6, 6.07) is 36.6. The highest BCUT2D eigenvalue weighted by Gasteiger charge is 2.36. The van der Waals surface area contributed by atoms with E-state index in [1.165, 1.54) is 87.7 Å². The Labute approximate surface area is 305 Å². The molecule has 3 aromatic heterocycles. The van der Waals surface area contributed by atoms with Crippen LogP contribution in [0.25, 0.3) is 63.9 Å². The Bertz CT molecular complexity index is 2570. The maximum absolute atomic E-state index is 4.85. The second-order valence-corrected chi connectivity index (χ2v) is 17.7. The van der Waals surface area contributed by atoms with Gasteiger partial charge in [-0.2, -0.15) is 8.75 Å². The Morgan fingerprint density at radius 1 is 0.580 bits per heavy atom. The molecule has 0 fully saturated rings. The monoisotopic (exact) mass is 700 g/mol. The quantitative estimate of drug-likeness (QED) is 0.183. The lowest BCUT2D eigenvalue weighted by molar-refractivity contribution is 0.591. The topological polar surface area (TPSA) is 25.8 Å². The van der Waals surface area contributed by atoms with Crippen LogP contribution in [0.3, 0.4) is 0 Å². The maximum atomic E-state index is 4.85. The minimum absolute atomic E-state index is 0.00167. The first-order chi connectivity index (χ1) is 24.3. The van der Waals surface area contributed by atoms with E-state index in [1.54, 1.807) is 0 Å². The Hall–Kier alpha value is -4.42. The number of thiophene rings is 2. The molecule has 3 heterocycles. The van der Waals surface area contributed by atoms with Crippen LogP contribution in [0.1, 0.15) is 68.7 Å². The van der Waals surface area contributed by atoms with Crippen LogP contribution in [-0.4, -0.2) is 8.75 Å². The third-order valence-electron chi connectivity index (χ3n) is 11.5. The fourth-order valence-corrected chi connectivity index (χ4v) is 11.3. The Morgan fingerprint density at radius 3 is 1.90 bits per heavy atom. The van der Waals surface area contributed by atoms with E-state index in [1.807, 2.05) is 22.7 Å². The molecule has 0 saturated carbocycles. The number of rotatable bonds is 4. The minimum Gasteiger partial charge on any atom is -0.172 e. The average Bonchev–Trinajstić information content (AvgIpc) is 3.93. The van der Waals surface area contributed by atoms with Crippen LogP contribution in [0, 0.1) is 0 Å². The highest BCUT2D eigenvalue weighted by molar-refractivity contribution is 7.19. The van der Waals surface area contributed by atoms with Crippen molar-refractivity contribution in [3.8, 4) is 52.9 Å². The zero-order valence-electron chi connectivity index (χ0n) is 28.6. The third kappa shape index (κ3) is 4.50. The molecule has 0 radical (unpaired) electrons. The van der Waals surface area contributed by atoms with Gasteiger partial charge in [0.25, 0.3) is 0 Å². The standard InChI is InChI=1S/C45H36N2S3/c1-44(2)29-10-6-5-9-26(23-29)30-15-13-27(24-36(30)44)38-19-21-40(48-38)33-17-18-34(43-42(33)46-50-47-43)41-22-20-39(49-41)28-14-16-32-31-11-7-8-12-35(31)45(3,4)37(32)25-28/h6-8,10-26H,5,9H2,1-4H3. The molecule has 5 heteroatoms. The van der Waals surface area contributed by atoms with Crippen LogP contribution in [0.4, 0.5) is 0 Å². The van der Waals surface area contributed by atoms with Crippen LogP contribution in [-0.2, 0) is 10.8 Å². The van der Waals surface area contributed by atoms with Crippen LogP contribution in [0.5, 0.6) is 0 Å². The van der Waals surface area contributed by atoms with Crippen molar-refractivity contribution >= 4 is 45.4 Å². The SMILES string of the molecule is CC1(C)C2=CC(CCC=C2)c2ccc(-c3ccc(-c4ccc(-c5ccc(-c6ccc7c(c6)C(C)(C)c6ccccc6-7)s5)c5nsnc45)s3)cc21. The average molecular weight is 701 g/mol. The van der Waals surface area contributed by atoms with Crippen molar-refractivity contribution < 1.29 is 0 Å². The second kappa shape index (κ2) is 11.0. The van der Waals surface area contributed by atoms with Gasteiger partial charge in [-0.25, -0.2) is 0 Å². The molecular formula is C45H36N2S3. The number of allylic oxidation sites excluding steroid dienone is 4. The molecule has 4 aromatic carbocycles. The van der Waals surface area contributed by atoms with Gasteiger partial charge in [-0.1, -0.05) is 107 Å². The molecule has 2 nitrogen and oxygen atoms in total. The lowest BCUT2D eigenvalue weighted by atomic mass is 9.68. The molecule has 0 amide bonds. The van der Waals surface area contributed by atoms with Crippen molar-refractivity contribution in [1.82, 2.24) is 8.75 Å². The van der Waals surface area contributed by atoms with E-state index in [4.69, 9.17) is 8.75 Å². The third-order valence-corrected chi connectivity index (χ3v) is 14.3. The predicted molar refractivity (Wildman–Crippen MR) is 215 cm³/mol.